The van der Waals surface area contributed by atoms with Crippen LogP contribution in [0.1, 0.15) is 0 Å². The van der Waals surface area contributed by atoms with Crippen molar-refractivity contribution in [2.24, 2.45) is 0 Å². The zero-order valence-electron chi connectivity index (χ0n) is 11.5. The molecule has 156 valence electrons. The number of halogens is 15. The monoisotopic (exact) mass is 428 g/mol. The lowest BCUT2D eigenvalue weighted by atomic mass is 9.70. The highest BCUT2D eigenvalue weighted by Crippen LogP contribution is 2.72. The predicted molar refractivity (Wildman–Crippen MR) is 46.6 cm³/mol. The van der Waals surface area contributed by atoms with Gasteiger partial charge in [0.15, 0.2) is 0 Å². The Kier molecular flexibility index (Phi) is 4.61. The van der Waals surface area contributed by atoms with Crippen molar-refractivity contribution in [1.29, 1.82) is 0 Å². The van der Waals surface area contributed by atoms with Crippen molar-refractivity contribution in [3.63, 3.8) is 0 Å². The first-order chi connectivity index (χ1) is 11.0. The Morgan fingerprint density at radius 3 is 1.12 bits per heavy atom. The molecular formula is C9H3F15O2. The lowest BCUT2D eigenvalue weighted by Gasteiger charge is -2.55. The molecule has 0 unspecified atom stereocenters. The van der Waals surface area contributed by atoms with Gasteiger partial charge in [0.2, 0.25) is 0 Å². The summed E-state index contributed by atoms with van der Waals surface area (Å²) < 4.78 is 200. The third kappa shape index (κ3) is 2.18. The van der Waals surface area contributed by atoms with Crippen LogP contribution in [-0.2, 0) is 9.47 Å². The van der Waals surface area contributed by atoms with E-state index in [-0.39, 0.29) is 0 Å². The Balaban J connectivity index is 3.99. The molecule has 0 spiro atoms. The molecule has 2 nitrogen and oxygen atoms in total. The van der Waals surface area contributed by atoms with Crippen molar-refractivity contribution >= 4 is 0 Å². The van der Waals surface area contributed by atoms with Crippen molar-refractivity contribution in [2.75, 3.05) is 7.11 Å². The highest BCUT2D eigenvalue weighted by molar-refractivity contribution is 5.29. The Morgan fingerprint density at radius 2 is 0.885 bits per heavy atom. The molecule has 1 aliphatic rings. The molecule has 0 aromatic heterocycles. The average molecular weight is 428 g/mol. The second-order valence-electron chi connectivity index (χ2n) is 4.82. The number of alkyl halides is 15. The Hall–Kier alpha value is -1.13. The first-order valence-corrected chi connectivity index (χ1v) is 5.61. The van der Waals surface area contributed by atoms with E-state index in [1.807, 2.05) is 0 Å². The summed E-state index contributed by atoms with van der Waals surface area (Å²) in [6, 6.07) is 0. The van der Waals surface area contributed by atoms with Crippen LogP contribution < -0.4 is 0 Å². The summed E-state index contributed by atoms with van der Waals surface area (Å²) in [6.07, 6.45) is -13.9. The predicted octanol–water partition coefficient (Wildman–Crippen LogP) is 4.69. The molecule has 0 bridgehead atoms. The molecule has 17 heteroatoms. The van der Waals surface area contributed by atoms with Crippen LogP contribution in [0.5, 0.6) is 0 Å². The van der Waals surface area contributed by atoms with Gasteiger partial charge in [-0.25, -0.2) is 9.13 Å². The fourth-order valence-electron chi connectivity index (χ4n) is 2.02. The van der Waals surface area contributed by atoms with Gasteiger partial charge in [-0.05, 0) is 0 Å². The van der Waals surface area contributed by atoms with Crippen molar-refractivity contribution < 1.29 is 75.3 Å². The van der Waals surface area contributed by atoms with Gasteiger partial charge in [-0.15, -0.1) is 13.2 Å². The van der Waals surface area contributed by atoms with Crippen molar-refractivity contribution in [3.05, 3.63) is 0 Å². The average Bonchev–Trinajstić information content (AvgIpc) is 2.41. The van der Waals surface area contributed by atoms with E-state index < -0.39 is 54.8 Å². The molecule has 1 saturated carbocycles. The summed E-state index contributed by atoms with van der Waals surface area (Å²) in [5.41, 5.74) is -7.70. The second kappa shape index (κ2) is 5.23. The zero-order valence-corrected chi connectivity index (χ0v) is 11.5. The van der Waals surface area contributed by atoms with Crippen LogP contribution in [-0.4, -0.2) is 54.8 Å². The Morgan fingerprint density at radius 1 is 0.577 bits per heavy atom. The highest BCUT2D eigenvalue weighted by atomic mass is 19.4. The third-order valence-corrected chi connectivity index (χ3v) is 3.38. The van der Waals surface area contributed by atoms with E-state index in [2.05, 4.69) is 4.74 Å². The van der Waals surface area contributed by atoms with Crippen LogP contribution in [0.4, 0.5) is 65.9 Å². The lowest BCUT2D eigenvalue weighted by Crippen LogP contribution is -2.89. The molecule has 1 fully saturated rings. The van der Waals surface area contributed by atoms with Crippen LogP contribution in [0.3, 0.4) is 0 Å². The summed E-state index contributed by atoms with van der Waals surface area (Å²) in [6.45, 7) is 0. The maximum atomic E-state index is 13.8. The van der Waals surface area contributed by atoms with Gasteiger partial charge >= 0.3 is 47.7 Å². The van der Waals surface area contributed by atoms with Crippen LogP contribution in [0.15, 0.2) is 0 Å². The number of ether oxygens (including phenoxy) is 2. The first kappa shape index (κ1) is 22.9. The molecule has 0 atom stereocenters. The van der Waals surface area contributed by atoms with Gasteiger partial charge in [0.25, 0.3) is 0 Å². The number of hydrogen-bond donors (Lipinski definition) is 0. The van der Waals surface area contributed by atoms with Gasteiger partial charge in [0.1, 0.15) is 0 Å². The Labute approximate surface area is 131 Å². The fraction of sp³-hybridized carbons (Fsp3) is 1.00. The van der Waals surface area contributed by atoms with E-state index in [9.17, 15) is 65.9 Å². The molecule has 1 rings (SSSR count). The fourth-order valence-corrected chi connectivity index (χ4v) is 2.02. The van der Waals surface area contributed by atoms with Crippen LogP contribution >= 0.6 is 0 Å². The minimum Gasteiger partial charge on any atom is -0.321 e. The smallest absolute Gasteiger partial charge is 0.321 e. The quantitative estimate of drug-likeness (QED) is 0.608. The molecule has 0 aromatic rings. The van der Waals surface area contributed by atoms with E-state index in [0.717, 1.165) is 0 Å². The second-order valence-corrected chi connectivity index (χ2v) is 4.82. The minimum atomic E-state index is -7.90. The molecule has 0 aliphatic heterocycles. The van der Waals surface area contributed by atoms with Crippen LogP contribution in [0.2, 0.25) is 0 Å². The van der Waals surface area contributed by atoms with Gasteiger partial charge in [-0.1, -0.05) is 0 Å². The maximum absolute atomic E-state index is 13.8. The third-order valence-electron chi connectivity index (χ3n) is 3.38. The number of rotatable bonds is 3. The highest BCUT2D eigenvalue weighted by Gasteiger charge is 3.06. The lowest BCUT2D eigenvalue weighted by molar-refractivity contribution is -0.565. The van der Waals surface area contributed by atoms with E-state index in [1.165, 1.54) is 4.74 Å². The molecular weight excluding hydrogens is 425 g/mol. The van der Waals surface area contributed by atoms with Crippen LogP contribution in [0.25, 0.3) is 0 Å². The zero-order chi connectivity index (χ0) is 21.4. The summed E-state index contributed by atoms with van der Waals surface area (Å²) in [5, 5.41) is 0. The van der Waals surface area contributed by atoms with E-state index in [1.54, 1.807) is 0 Å². The SMILES string of the molecule is COC(F)(F)C1(F)C(F)(F)C(F)(F)C(F)(OC(F)(F)F)C(F)(F)C1(F)F. The summed E-state index contributed by atoms with van der Waals surface area (Å²) in [7, 11) is -0.562. The first-order valence-electron chi connectivity index (χ1n) is 5.61. The largest absolute Gasteiger partial charge is 0.525 e. The molecule has 0 heterocycles. The van der Waals surface area contributed by atoms with Crippen molar-refractivity contribution in [2.45, 2.75) is 47.7 Å². The topological polar surface area (TPSA) is 18.5 Å². The maximum Gasteiger partial charge on any atom is 0.525 e. The minimum absolute atomic E-state index is 0.562. The van der Waals surface area contributed by atoms with Gasteiger partial charge in [-0.2, -0.15) is 48.3 Å². The summed E-state index contributed by atoms with van der Waals surface area (Å²) in [4.78, 5) is 0. The Bertz CT molecular complexity index is 536. The summed E-state index contributed by atoms with van der Waals surface area (Å²) >= 11 is 0. The van der Waals surface area contributed by atoms with Crippen LogP contribution in [0, 0.1) is 0 Å². The standard InChI is InChI=1S/C9H3F15O2/c1-25-8(20,21)2(10)3(11,12)5(15,16)7(19,26-9(22,23)24)6(17,18)4(2,13)14/h1H3. The molecule has 0 radical (unpaired) electrons. The normalized spacial score (nSPS) is 36.0. The summed E-state index contributed by atoms with van der Waals surface area (Å²) in [5.74, 6) is -39.3. The number of methoxy groups -OCH3 is 1. The van der Waals surface area contributed by atoms with E-state index >= 15 is 0 Å². The molecule has 0 aromatic carbocycles. The van der Waals surface area contributed by atoms with Crippen molar-refractivity contribution in [3.8, 4) is 0 Å². The van der Waals surface area contributed by atoms with Gasteiger partial charge in [0, 0.05) is 7.11 Å². The number of hydrogen-bond acceptors (Lipinski definition) is 2. The molecule has 0 amide bonds. The molecule has 26 heavy (non-hydrogen) atoms. The van der Waals surface area contributed by atoms with Crippen molar-refractivity contribution in [1.82, 2.24) is 0 Å². The van der Waals surface area contributed by atoms with E-state index in [0.29, 0.717) is 0 Å². The molecule has 0 saturated heterocycles. The van der Waals surface area contributed by atoms with Gasteiger partial charge < -0.3 is 4.74 Å². The van der Waals surface area contributed by atoms with Gasteiger partial charge in [0.05, 0.1) is 0 Å². The van der Waals surface area contributed by atoms with Gasteiger partial charge in [-0.3, -0.25) is 0 Å². The van der Waals surface area contributed by atoms with E-state index in [4.69, 9.17) is 0 Å². The molecule has 1 aliphatic carbocycles. The molecule has 0 N–H and O–H groups in total.